The van der Waals surface area contributed by atoms with Crippen molar-refractivity contribution in [1.29, 1.82) is 0 Å². The first-order valence-corrected chi connectivity index (χ1v) is 16.4. The second kappa shape index (κ2) is 15.5. The number of hydrogen-bond donors (Lipinski definition) is 3. The van der Waals surface area contributed by atoms with Crippen molar-refractivity contribution in [3.05, 3.63) is 93.7 Å². The normalized spacial score (nSPS) is 12.9. The van der Waals surface area contributed by atoms with Gasteiger partial charge in [-0.15, -0.1) is 11.8 Å². The van der Waals surface area contributed by atoms with Crippen molar-refractivity contribution in [2.24, 2.45) is 0 Å². The minimum absolute atomic E-state index is 0.0596. The molecule has 2 heterocycles. The second-order valence-corrected chi connectivity index (χ2v) is 12.6. The number of nitrogens with zero attached hydrogens (tertiary/aromatic N) is 3. The van der Waals surface area contributed by atoms with Gasteiger partial charge in [0.1, 0.15) is 25.0 Å². The summed E-state index contributed by atoms with van der Waals surface area (Å²) in [6.07, 6.45) is 2.26. The van der Waals surface area contributed by atoms with Crippen molar-refractivity contribution < 1.29 is 38.9 Å². The molecule has 250 valence electrons. The summed E-state index contributed by atoms with van der Waals surface area (Å²) in [6, 6.07) is 13.9. The SMILES string of the molecule is Cc1c(Cl)cccc1OCCOC(=O)N1CCSc2c(-c3cnn(Cc4cc(C(=O)NC(CC(=O)O)C(=O)O)ccc4Cl)c3)cccc21. The Hall–Kier alpha value is -4.72. The standard InChI is InChI=1S/C33H30Cl2N4O8S/c1-19-24(34)5-3-7-28(19)46-11-12-47-33(45)39-10-13-48-30-23(4-2-6-27(30)39)22-16-36-38(18-22)17-21-14-20(8-9-25(21)35)31(42)37-26(32(43)44)15-29(40)41/h2-9,14,16,18,26H,10-13,15,17H2,1H3,(H,37,42)(H,40,41)(H,43,44). The Morgan fingerprint density at radius 3 is 2.60 bits per heavy atom. The average Bonchev–Trinajstić information content (AvgIpc) is 3.52. The van der Waals surface area contributed by atoms with Gasteiger partial charge in [-0.1, -0.05) is 41.4 Å². The largest absolute Gasteiger partial charge is 0.490 e. The van der Waals surface area contributed by atoms with E-state index >= 15 is 0 Å². The highest BCUT2D eigenvalue weighted by Gasteiger charge is 2.27. The number of amides is 2. The van der Waals surface area contributed by atoms with Crippen LogP contribution in [-0.4, -0.2) is 75.5 Å². The predicted molar refractivity (Wildman–Crippen MR) is 180 cm³/mol. The fourth-order valence-corrected chi connectivity index (χ4v) is 6.47. The van der Waals surface area contributed by atoms with E-state index in [1.807, 2.05) is 31.3 Å². The number of hydrogen-bond acceptors (Lipinski definition) is 8. The molecule has 48 heavy (non-hydrogen) atoms. The molecule has 0 saturated heterocycles. The number of benzene rings is 3. The van der Waals surface area contributed by atoms with Crippen LogP contribution in [0.3, 0.4) is 0 Å². The summed E-state index contributed by atoms with van der Waals surface area (Å²) in [5, 5.41) is 25.9. The van der Waals surface area contributed by atoms with Crippen molar-refractivity contribution >= 4 is 64.6 Å². The van der Waals surface area contributed by atoms with Gasteiger partial charge in [-0.2, -0.15) is 5.10 Å². The van der Waals surface area contributed by atoms with Crippen molar-refractivity contribution in [2.45, 2.75) is 30.8 Å². The molecule has 0 saturated carbocycles. The number of carbonyl (C=O) groups excluding carboxylic acids is 2. The lowest BCUT2D eigenvalue weighted by Crippen LogP contribution is -2.42. The van der Waals surface area contributed by atoms with E-state index in [1.54, 1.807) is 45.7 Å². The van der Waals surface area contributed by atoms with E-state index in [2.05, 4.69) is 10.4 Å². The molecule has 0 spiro atoms. The number of aliphatic carboxylic acids is 2. The van der Waals surface area contributed by atoms with Gasteiger partial charge >= 0.3 is 18.0 Å². The van der Waals surface area contributed by atoms with Gasteiger partial charge in [0.15, 0.2) is 0 Å². The van der Waals surface area contributed by atoms with Gasteiger partial charge in [-0.05, 0) is 48.9 Å². The molecule has 0 radical (unpaired) electrons. The van der Waals surface area contributed by atoms with Gasteiger partial charge in [0.2, 0.25) is 0 Å². The zero-order chi connectivity index (χ0) is 34.4. The molecule has 1 aliphatic heterocycles. The van der Waals surface area contributed by atoms with E-state index in [0.29, 0.717) is 33.7 Å². The minimum Gasteiger partial charge on any atom is -0.490 e. The minimum atomic E-state index is -1.59. The van der Waals surface area contributed by atoms with Gasteiger partial charge in [-0.25, -0.2) is 9.59 Å². The van der Waals surface area contributed by atoms with Crippen LogP contribution < -0.4 is 15.0 Å². The fraction of sp³-hybridized carbons (Fsp3) is 0.242. The zero-order valence-corrected chi connectivity index (χ0v) is 27.8. The summed E-state index contributed by atoms with van der Waals surface area (Å²) in [7, 11) is 0. The molecule has 1 aliphatic rings. The quantitative estimate of drug-likeness (QED) is 0.149. The summed E-state index contributed by atoms with van der Waals surface area (Å²) in [6.45, 7) is 2.75. The molecule has 1 unspecified atom stereocenters. The summed E-state index contributed by atoms with van der Waals surface area (Å²) >= 11 is 14.2. The number of ether oxygens (including phenoxy) is 2. The van der Waals surface area contributed by atoms with Crippen molar-refractivity contribution in [1.82, 2.24) is 15.1 Å². The Balaban J connectivity index is 1.26. The van der Waals surface area contributed by atoms with Crippen LogP contribution in [0.1, 0.15) is 27.9 Å². The number of carboxylic acids is 2. The van der Waals surface area contributed by atoms with Crippen LogP contribution in [0.2, 0.25) is 10.0 Å². The predicted octanol–water partition coefficient (Wildman–Crippen LogP) is 6.00. The summed E-state index contributed by atoms with van der Waals surface area (Å²) in [4.78, 5) is 50.7. The number of fused-ring (bicyclic) bond motifs is 1. The molecule has 12 nitrogen and oxygen atoms in total. The van der Waals surface area contributed by atoms with E-state index in [1.165, 1.54) is 18.2 Å². The van der Waals surface area contributed by atoms with E-state index in [-0.39, 0.29) is 25.3 Å². The third kappa shape index (κ3) is 8.22. The highest BCUT2D eigenvalue weighted by Crippen LogP contribution is 2.42. The first kappa shape index (κ1) is 34.6. The summed E-state index contributed by atoms with van der Waals surface area (Å²) < 4.78 is 12.9. The number of thioether (sulfide) groups is 1. The number of carboxylic acid groups (broad SMARTS) is 2. The topological polar surface area (TPSA) is 160 Å². The molecule has 1 atom stereocenters. The first-order chi connectivity index (χ1) is 23.0. The molecule has 3 N–H and O–H groups in total. The molecule has 4 aromatic rings. The highest BCUT2D eigenvalue weighted by atomic mass is 35.5. The Kier molecular flexibility index (Phi) is 11.1. The Morgan fingerprint density at radius 1 is 1.04 bits per heavy atom. The average molecular weight is 714 g/mol. The number of aromatic nitrogens is 2. The number of carbonyl (C=O) groups is 4. The molecular formula is C33H30Cl2N4O8S. The second-order valence-electron chi connectivity index (χ2n) is 10.7. The van der Waals surface area contributed by atoms with Crippen molar-refractivity contribution in [2.75, 3.05) is 30.4 Å². The van der Waals surface area contributed by atoms with Gasteiger partial charge < -0.3 is 25.0 Å². The van der Waals surface area contributed by atoms with E-state index in [9.17, 15) is 24.3 Å². The van der Waals surface area contributed by atoms with Crippen LogP contribution in [0, 0.1) is 6.92 Å². The third-order valence-corrected chi connectivity index (χ3v) is 9.30. The van der Waals surface area contributed by atoms with Crippen molar-refractivity contribution in [3.63, 3.8) is 0 Å². The molecule has 0 aliphatic carbocycles. The molecule has 0 bridgehead atoms. The Morgan fingerprint density at radius 2 is 1.83 bits per heavy atom. The van der Waals surface area contributed by atoms with Crippen LogP contribution in [0.5, 0.6) is 5.75 Å². The van der Waals surface area contributed by atoms with Gasteiger partial charge in [0.05, 0.1) is 24.8 Å². The molecule has 1 aromatic heterocycles. The maximum Gasteiger partial charge on any atom is 0.414 e. The molecule has 5 rings (SSSR count). The lowest BCUT2D eigenvalue weighted by molar-refractivity contribution is -0.145. The first-order valence-electron chi connectivity index (χ1n) is 14.7. The zero-order valence-electron chi connectivity index (χ0n) is 25.5. The third-order valence-electron chi connectivity index (χ3n) is 7.42. The van der Waals surface area contributed by atoms with Crippen LogP contribution in [0.4, 0.5) is 10.5 Å². The molecule has 0 fully saturated rings. The summed E-state index contributed by atoms with van der Waals surface area (Å²) in [5.41, 5.74) is 3.86. The van der Waals surface area contributed by atoms with Crippen LogP contribution in [0.25, 0.3) is 11.1 Å². The molecule has 2 amide bonds. The molecular weight excluding hydrogens is 683 g/mol. The number of halogens is 2. The van der Waals surface area contributed by atoms with Crippen LogP contribution in [-0.2, 0) is 20.9 Å². The Bertz CT molecular complexity index is 1870. The maximum absolute atomic E-state index is 13.1. The number of rotatable bonds is 12. The Labute approximate surface area is 289 Å². The monoisotopic (exact) mass is 712 g/mol. The van der Waals surface area contributed by atoms with Gasteiger partial charge in [0, 0.05) is 55.7 Å². The van der Waals surface area contributed by atoms with Crippen LogP contribution >= 0.6 is 35.0 Å². The molecule has 15 heteroatoms. The number of anilines is 1. The van der Waals surface area contributed by atoms with E-state index < -0.39 is 36.4 Å². The lowest BCUT2D eigenvalue weighted by Gasteiger charge is -2.29. The number of nitrogens with one attached hydrogen (secondary N) is 1. The van der Waals surface area contributed by atoms with Gasteiger partial charge in [-0.3, -0.25) is 19.2 Å². The maximum atomic E-state index is 13.1. The highest BCUT2D eigenvalue weighted by molar-refractivity contribution is 7.99. The van der Waals surface area contributed by atoms with Crippen molar-refractivity contribution in [3.8, 4) is 16.9 Å². The smallest absolute Gasteiger partial charge is 0.414 e. The molecule has 3 aromatic carbocycles. The van der Waals surface area contributed by atoms with E-state index in [4.69, 9.17) is 37.8 Å². The van der Waals surface area contributed by atoms with Gasteiger partial charge in [0.25, 0.3) is 5.91 Å². The fourth-order valence-electron chi connectivity index (χ4n) is 4.99. The van der Waals surface area contributed by atoms with E-state index in [0.717, 1.165) is 27.3 Å². The lowest BCUT2D eigenvalue weighted by atomic mass is 10.1. The summed E-state index contributed by atoms with van der Waals surface area (Å²) in [5.74, 6) is -2.27. The van der Waals surface area contributed by atoms with Crippen LogP contribution in [0.15, 0.2) is 71.9 Å².